The van der Waals surface area contributed by atoms with Crippen LogP contribution in [0.3, 0.4) is 0 Å². The largest absolute Gasteiger partial charge is 0.481 e. The predicted molar refractivity (Wildman–Crippen MR) is 137 cm³/mol. The summed E-state index contributed by atoms with van der Waals surface area (Å²) in [5, 5.41) is 12.1. The molecule has 11 heteroatoms. The fourth-order valence-electron chi connectivity index (χ4n) is 3.73. The van der Waals surface area contributed by atoms with Crippen LogP contribution in [-0.2, 0) is 15.8 Å². The molecule has 2 N–H and O–H groups in total. The number of nitrogens with zero attached hydrogens (tertiary/aromatic N) is 2. The van der Waals surface area contributed by atoms with Crippen molar-refractivity contribution in [3.8, 4) is 22.9 Å². The molecule has 1 aromatic heterocycles. The summed E-state index contributed by atoms with van der Waals surface area (Å²) < 4.78 is 50.1. The highest BCUT2D eigenvalue weighted by Gasteiger charge is 2.32. The van der Waals surface area contributed by atoms with Gasteiger partial charge in [-0.2, -0.15) is 13.2 Å². The Kier molecular flexibility index (Phi) is 7.54. The van der Waals surface area contributed by atoms with Crippen LogP contribution in [0.25, 0.3) is 11.4 Å². The molecule has 206 valence electrons. The fourth-order valence-corrected chi connectivity index (χ4v) is 3.73. The van der Waals surface area contributed by atoms with Gasteiger partial charge in [-0.25, -0.2) is 14.8 Å². The maximum absolute atomic E-state index is 12.9. The highest BCUT2D eigenvalue weighted by molar-refractivity contribution is 5.94. The molecule has 2 aromatic carbocycles. The van der Waals surface area contributed by atoms with Crippen LogP contribution >= 0.6 is 0 Å². The first-order valence-electron chi connectivity index (χ1n) is 12.3. The Morgan fingerprint density at radius 3 is 2.33 bits per heavy atom. The molecule has 1 amide bonds. The smallest absolute Gasteiger partial charge is 0.416 e. The summed E-state index contributed by atoms with van der Waals surface area (Å²) in [7, 11) is 0. The normalized spacial score (nSPS) is 14.4. The zero-order chi connectivity index (χ0) is 28.5. The lowest BCUT2D eigenvalue weighted by Crippen LogP contribution is -2.38. The molecule has 1 aliphatic rings. The van der Waals surface area contributed by atoms with Crippen LogP contribution in [0.4, 0.5) is 18.9 Å². The summed E-state index contributed by atoms with van der Waals surface area (Å²) in [6.45, 7) is 6.21. The molecule has 0 spiro atoms. The highest BCUT2D eigenvalue weighted by atomic mass is 19.4. The Labute approximate surface area is 223 Å². The molecule has 0 radical (unpaired) electrons. The van der Waals surface area contributed by atoms with E-state index in [0.29, 0.717) is 34.0 Å². The SMILES string of the molecule is Cc1cc(OC(C)C(=O)Nc2cnc(-c3ccc(C(F)(F)F)cc3)nc2C2CC2)ccc1OC(C)(C)C(=O)O. The van der Waals surface area contributed by atoms with Crippen molar-refractivity contribution in [3.05, 3.63) is 65.5 Å². The average molecular weight is 544 g/mol. The van der Waals surface area contributed by atoms with Crippen molar-refractivity contribution in [3.63, 3.8) is 0 Å². The number of ether oxygens (including phenoxy) is 2. The number of benzene rings is 2. The number of amides is 1. The van der Waals surface area contributed by atoms with Crippen LogP contribution in [0.5, 0.6) is 11.5 Å². The summed E-state index contributed by atoms with van der Waals surface area (Å²) in [5.74, 6) is -0.366. The van der Waals surface area contributed by atoms with Gasteiger partial charge in [-0.05, 0) is 76.4 Å². The highest BCUT2D eigenvalue weighted by Crippen LogP contribution is 2.43. The van der Waals surface area contributed by atoms with Gasteiger partial charge < -0.3 is 19.9 Å². The molecule has 0 bridgehead atoms. The monoisotopic (exact) mass is 543 g/mol. The Morgan fingerprint density at radius 2 is 1.77 bits per heavy atom. The molecule has 0 saturated heterocycles. The average Bonchev–Trinajstić information content (AvgIpc) is 3.71. The number of carbonyl (C=O) groups excluding carboxylic acids is 1. The summed E-state index contributed by atoms with van der Waals surface area (Å²) in [6.07, 6.45) is -2.11. The number of nitrogens with one attached hydrogen (secondary N) is 1. The van der Waals surface area contributed by atoms with E-state index in [4.69, 9.17) is 9.47 Å². The summed E-state index contributed by atoms with van der Waals surface area (Å²) in [5.41, 5.74) is -0.0491. The van der Waals surface area contributed by atoms with Gasteiger partial charge in [-0.3, -0.25) is 4.79 Å². The van der Waals surface area contributed by atoms with Gasteiger partial charge in [-0.15, -0.1) is 0 Å². The van der Waals surface area contributed by atoms with Gasteiger partial charge >= 0.3 is 12.1 Å². The number of carboxylic acid groups (broad SMARTS) is 1. The Balaban J connectivity index is 1.45. The number of anilines is 1. The van der Waals surface area contributed by atoms with E-state index in [-0.39, 0.29) is 11.7 Å². The number of aromatic nitrogens is 2. The van der Waals surface area contributed by atoms with Gasteiger partial charge in [0, 0.05) is 11.5 Å². The van der Waals surface area contributed by atoms with Gasteiger partial charge in [0.2, 0.25) is 0 Å². The van der Waals surface area contributed by atoms with Gasteiger partial charge in [0.15, 0.2) is 17.5 Å². The second kappa shape index (κ2) is 10.5. The maximum Gasteiger partial charge on any atom is 0.416 e. The number of aryl methyl sites for hydroxylation is 1. The second-order valence-corrected chi connectivity index (χ2v) is 9.94. The summed E-state index contributed by atoms with van der Waals surface area (Å²) >= 11 is 0. The second-order valence-electron chi connectivity index (χ2n) is 9.94. The number of alkyl halides is 3. The molecule has 1 heterocycles. The molecule has 1 atom stereocenters. The number of carbonyl (C=O) groups is 2. The third-order valence-corrected chi connectivity index (χ3v) is 6.22. The topological polar surface area (TPSA) is 111 Å². The van der Waals surface area contributed by atoms with Crippen LogP contribution in [0.1, 0.15) is 56.4 Å². The lowest BCUT2D eigenvalue weighted by atomic mass is 10.1. The Bertz CT molecular complexity index is 1390. The Morgan fingerprint density at radius 1 is 1.10 bits per heavy atom. The maximum atomic E-state index is 12.9. The van der Waals surface area contributed by atoms with Crippen LogP contribution in [0.2, 0.25) is 0 Å². The first kappa shape index (κ1) is 27.9. The van der Waals surface area contributed by atoms with Crippen molar-refractivity contribution in [1.29, 1.82) is 0 Å². The van der Waals surface area contributed by atoms with Crippen molar-refractivity contribution in [2.75, 3.05) is 5.32 Å². The first-order valence-corrected chi connectivity index (χ1v) is 12.3. The van der Waals surface area contributed by atoms with E-state index in [2.05, 4.69) is 15.3 Å². The number of carboxylic acids is 1. The van der Waals surface area contributed by atoms with Gasteiger partial charge in [0.25, 0.3) is 5.91 Å². The van der Waals surface area contributed by atoms with E-state index in [0.717, 1.165) is 25.0 Å². The molecule has 0 aliphatic heterocycles. The zero-order valence-electron chi connectivity index (χ0n) is 21.8. The third kappa shape index (κ3) is 6.65. The van der Waals surface area contributed by atoms with Crippen molar-refractivity contribution < 1.29 is 37.3 Å². The molecule has 1 unspecified atom stereocenters. The van der Waals surface area contributed by atoms with Gasteiger partial charge in [-0.1, -0.05) is 12.1 Å². The molecule has 1 aliphatic carbocycles. The van der Waals surface area contributed by atoms with Crippen LogP contribution in [0.15, 0.2) is 48.7 Å². The van der Waals surface area contributed by atoms with E-state index in [1.807, 2.05) is 0 Å². The van der Waals surface area contributed by atoms with Crippen LogP contribution in [-0.4, -0.2) is 38.7 Å². The quantitative estimate of drug-likeness (QED) is 0.341. The Hall–Kier alpha value is -4.15. The predicted octanol–water partition coefficient (Wildman–Crippen LogP) is 6.00. The molecule has 1 saturated carbocycles. The minimum atomic E-state index is -4.43. The number of hydrogen-bond donors (Lipinski definition) is 2. The molecular weight excluding hydrogens is 515 g/mol. The van der Waals surface area contributed by atoms with E-state index >= 15 is 0 Å². The van der Waals surface area contributed by atoms with E-state index < -0.39 is 35.3 Å². The molecule has 4 rings (SSSR count). The van der Waals surface area contributed by atoms with Crippen molar-refractivity contribution in [2.24, 2.45) is 0 Å². The van der Waals surface area contributed by atoms with E-state index in [1.54, 1.807) is 32.0 Å². The molecule has 3 aromatic rings. The van der Waals surface area contributed by atoms with E-state index in [1.165, 1.54) is 32.2 Å². The number of rotatable bonds is 9. The van der Waals surface area contributed by atoms with Crippen LogP contribution in [0, 0.1) is 6.92 Å². The number of aliphatic carboxylic acids is 1. The lowest BCUT2D eigenvalue weighted by molar-refractivity contribution is -0.152. The molecule has 8 nitrogen and oxygen atoms in total. The van der Waals surface area contributed by atoms with Crippen molar-refractivity contribution >= 4 is 17.6 Å². The van der Waals surface area contributed by atoms with Crippen LogP contribution < -0.4 is 14.8 Å². The third-order valence-electron chi connectivity index (χ3n) is 6.22. The standard InChI is InChI=1S/C28H28F3N3O5/c1-15-13-20(11-12-22(15)39-27(3,4)26(36)37)38-16(2)25(35)33-21-14-32-24(34-23(21)17-5-6-17)18-7-9-19(10-8-18)28(29,30)31/h7-14,16-17H,5-6H2,1-4H3,(H,33,35)(H,36,37). The first-order chi connectivity index (χ1) is 18.2. The number of hydrogen-bond acceptors (Lipinski definition) is 6. The minimum Gasteiger partial charge on any atom is -0.481 e. The number of halogens is 3. The molecular formula is C28H28F3N3O5. The fraction of sp³-hybridized carbons (Fsp3) is 0.357. The van der Waals surface area contributed by atoms with Crippen molar-refractivity contribution in [2.45, 2.75) is 64.3 Å². The summed E-state index contributed by atoms with van der Waals surface area (Å²) in [4.78, 5) is 33.1. The van der Waals surface area contributed by atoms with Crippen molar-refractivity contribution in [1.82, 2.24) is 9.97 Å². The van der Waals surface area contributed by atoms with Gasteiger partial charge in [0.05, 0.1) is 23.1 Å². The van der Waals surface area contributed by atoms with E-state index in [9.17, 15) is 27.9 Å². The summed E-state index contributed by atoms with van der Waals surface area (Å²) in [6, 6.07) is 9.43. The molecule has 1 fully saturated rings. The lowest BCUT2D eigenvalue weighted by Gasteiger charge is -2.23. The molecule has 39 heavy (non-hydrogen) atoms. The minimum absolute atomic E-state index is 0.123. The zero-order valence-corrected chi connectivity index (χ0v) is 21.8. The van der Waals surface area contributed by atoms with Gasteiger partial charge in [0.1, 0.15) is 11.5 Å².